The summed E-state index contributed by atoms with van der Waals surface area (Å²) < 4.78 is 38.3. The molecule has 8 heteroatoms. The van der Waals surface area contributed by atoms with E-state index in [1.54, 1.807) is 0 Å². The van der Waals surface area contributed by atoms with E-state index in [1.807, 2.05) is 24.3 Å². The van der Waals surface area contributed by atoms with Gasteiger partial charge < -0.3 is 9.15 Å². The fraction of sp³-hybridized carbons (Fsp3) is 0.316. The first kappa shape index (κ1) is 18.0. The van der Waals surface area contributed by atoms with Crippen molar-refractivity contribution in [1.29, 1.82) is 0 Å². The molecule has 0 amide bonds. The highest BCUT2D eigenvalue weighted by atomic mass is 32.2. The fourth-order valence-electron chi connectivity index (χ4n) is 3.25. The lowest BCUT2D eigenvalue weighted by Gasteiger charge is -2.32. The van der Waals surface area contributed by atoms with Gasteiger partial charge in [-0.05, 0) is 29.7 Å². The summed E-state index contributed by atoms with van der Waals surface area (Å²) in [6.07, 6.45) is 0.637. The SMILES string of the molecule is CCc1ccc(C2CN(S(=O)(=O)c3ccc4[nH]c(=O)oc4c3)CCO2)cc1. The number of fused-ring (bicyclic) bond motifs is 1. The van der Waals surface area contributed by atoms with Crippen LogP contribution in [0.1, 0.15) is 24.2 Å². The third-order valence-electron chi connectivity index (χ3n) is 4.82. The first-order valence-corrected chi connectivity index (χ1v) is 10.2. The standard InChI is InChI=1S/C19H20N2O5S/c1-2-13-3-5-14(6-4-13)18-12-21(9-10-25-18)27(23,24)15-7-8-16-17(11-15)26-19(22)20-16/h3-8,11,18H,2,9-10,12H2,1H3,(H,20,22). The summed E-state index contributed by atoms with van der Waals surface area (Å²) in [7, 11) is -3.72. The number of H-pyrrole nitrogens is 1. The predicted octanol–water partition coefficient (Wildman–Crippen LogP) is 2.45. The number of aromatic amines is 1. The Balaban J connectivity index is 1.60. The van der Waals surface area contributed by atoms with Crippen LogP contribution in [0.3, 0.4) is 0 Å². The van der Waals surface area contributed by atoms with Gasteiger partial charge >= 0.3 is 5.76 Å². The molecule has 0 aliphatic carbocycles. The van der Waals surface area contributed by atoms with Gasteiger partial charge in [-0.1, -0.05) is 31.2 Å². The zero-order valence-corrected chi connectivity index (χ0v) is 15.7. The Morgan fingerprint density at radius 1 is 1.19 bits per heavy atom. The van der Waals surface area contributed by atoms with Crippen LogP contribution in [0.5, 0.6) is 0 Å². The smallest absolute Gasteiger partial charge is 0.408 e. The van der Waals surface area contributed by atoms with E-state index in [2.05, 4.69) is 11.9 Å². The van der Waals surface area contributed by atoms with Crippen molar-refractivity contribution in [1.82, 2.24) is 9.29 Å². The van der Waals surface area contributed by atoms with Crippen molar-refractivity contribution < 1.29 is 17.6 Å². The average molecular weight is 388 g/mol. The highest BCUT2D eigenvalue weighted by molar-refractivity contribution is 7.89. The molecule has 7 nitrogen and oxygen atoms in total. The number of hydrogen-bond donors (Lipinski definition) is 1. The third kappa shape index (κ3) is 3.43. The molecule has 0 saturated carbocycles. The second kappa shape index (κ2) is 6.95. The molecule has 3 aromatic rings. The first-order chi connectivity index (χ1) is 13.0. The third-order valence-corrected chi connectivity index (χ3v) is 6.68. The zero-order valence-electron chi connectivity index (χ0n) is 14.8. The molecule has 1 aliphatic rings. The van der Waals surface area contributed by atoms with Gasteiger partial charge in [-0.2, -0.15) is 4.31 Å². The number of hydrogen-bond acceptors (Lipinski definition) is 5. The lowest BCUT2D eigenvalue weighted by Crippen LogP contribution is -2.42. The number of sulfonamides is 1. The van der Waals surface area contributed by atoms with Crippen LogP contribution in [-0.2, 0) is 21.2 Å². The van der Waals surface area contributed by atoms with Gasteiger partial charge in [0.25, 0.3) is 0 Å². The molecule has 27 heavy (non-hydrogen) atoms. The maximum Gasteiger partial charge on any atom is 0.417 e. The Morgan fingerprint density at radius 2 is 1.96 bits per heavy atom. The first-order valence-electron chi connectivity index (χ1n) is 8.81. The largest absolute Gasteiger partial charge is 0.417 e. The summed E-state index contributed by atoms with van der Waals surface area (Å²) in [6.45, 7) is 2.93. The molecular weight excluding hydrogens is 368 g/mol. The van der Waals surface area contributed by atoms with Crippen LogP contribution in [0, 0.1) is 0 Å². The highest BCUT2D eigenvalue weighted by Gasteiger charge is 2.31. The van der Waals surface area contributed by atoms with Crippen LogP contribution in [0.2, 0.25) is 0 Å². The second-order valence-corrected chi connectivity index (χ2v) is 8.43. The minimum Gasteiger partial charge on any atom is -0.408 e. The van der Waals surface area contributed by atoms with Crippen LogP contribution >= 0.6 is 0 Å². The lowest BCUT2D eigenvalue weighted by atomic mass is 10.1. The van der Waals surface area contributed by atoms with E-state index in [9.17, 15) is 13.2 Å². The Kier molecular flexibility index (Phi) is 4.63. The van der Waals surface area contributed by atoms with Gasteiger partial charge in [0, 0.05) is 19.2 Å². The van der Waals surface area contributed by atoms with Gasteiger partial charge in [0.15, 0.2) is 5.58 Å². The van der Waals surface area contributed by atoms with Crippen molar-refractivity contribution in [3.63, 3.8) is 0 Å². The molecule has 1 unspecified atom stereocenters. The topological polar surface area (TPSA) is 92.6 Å². The summed E-state index contributed by atoms with van der Waals surface area (Å²) in [5, 5.41) is 0. The number of nitrogens with one attached hydrogen (secondary N) is 1. The minimum absolute atomic E-state index is 0.0970. The summed E-state index contributed by atoms with van der Waals surface area (Å²) in [6, 6.07) is 12.4. The molecule has 0 spiro atoms. The molecule has 1 N–H and O–H groups in total. The summed E-state index contributed by atoms with van der Waals surface area (Å²) in [5.41, 5.74) is 2.87. The molecule has 4 rings (SSSR count). The molecule has 1 aromatic heterocycles. The van der Waals surface area contributed by atoms with E-state index in [4.69, 9.17) is 9.15 Å². The van der Waals surface area contributed by atoms with Gasteiger partial charge in [-0.3, -0.25) is 4.98 Å². The summed E-state index contributed by atoms with van der Waals surface area (Å²) >= 11 is 0. The Morgan fingerprint density at radius 3 is 2.70 bits per heavy atom. The molecule has 1 saturated heterocycles. The average Bonchev–Trinajstić information content (AvgIpc) is 3.07. The van der Waals surface area contributed by atoms with Gasteiger partial charge in [-0.15, -0.1) is 0 Å². The van der Waals surface area contributed by atoms with E-state index in [0.29, 0.717) is 12.1 Å². The fourth-order valence-corrected chi connectivity index (χ4v) is 4.69. The number of aryl methyl sites for hydroxylation is 1. The number of oxazole rings is 1. The summed E-state index contributed by atoms with van der Waals surface area (Å²) in [5.74, 6) is -0.610. The number of nitrogens with zero attached hydrogens (tertiary/aromatic N) is 1. The number of aromatic nitrogens is 1. The lowest BCUT2D eigenvalue weighted by molar-refractivity contribution is -0.00256. The van der Waals surface area contributed by atoms with Crippen molar-refractivity contribution in [2.45, 2.75) is 24.3 Å². The number of benzene rings is 2. The van der Waals surface area contributed by atoms with Crippen molar-refractivity contribution in [2.75, 3.05) is 19.7 Å². The van der Waals surface area contributed by atoms with Crippen molar-refractivity contribution in [2.24, 2.45) is 0 Å². The molecule has 0 radical (unpaired) electrons. The quantitative estimate of drug-likeness (QED) is 0.741. The van der Waals surface area contributed by atoms with Crippen LogP contribution in [0.15, 0.2) is 56.6 Å². The van der Waals surface area contributed by atoms with E-state index >= 15 is 0 Å². The van der Waals surface area contributed by atoms with Gasteiger partial charge in [0.05, 0.1) is 23.1 Å². The van der Waals surface area contributed by atoms with Gasteiger partial charge in [0.2, 0.25) is 10.0 Å². The molecular formula is C19H20N2O5S. The van der Waals surface area contributed by atoms with Gasteiger partial charge in [-0.25, -0.2) is 13.2 Å². The summed E-state index contributed by atoms with van der Waals surface area (Å²) in [4.78, 5) is 13.9. The number of rotatable bonds is 4. The van der Waals surface area contributed by atoms with Crippen LogP contribution in [0.4, 0.5) is 0 Å². The second-order valence-electron chi connectivity index (χ2n) is 6.49. The highest BCUT2D eigenvalue weighted by Crippen LogP contribution is 2.27. The maximum atomic E-state index is 13.1. The van der Waals surface area contributed by atoms with Crippen molar-refractivity contribution in [3.8, 4) is 0 Å². The van der Waals surface area contributed by atoms with Gasteiger partial charge in [0.1, 0.15) is 0 Å². The van der Waals surface area contributed by atoms with E-state index < -0.39 is 15.8 Å². The molecule has 142 valence electrons. The molecule has 1 atom stereocenters. The monoisotopic (exact) mass is 388 g/mol. The normalized spacial score (nSPS) is 18.8. The predicted molar refractivity (Wildman–Crippen MR) is 100 cm³/mol. The molecule has 2 heterocycles. The Bertz CT molecular complexity index is 1110. The van der Waals surface area contributed by atoms with E-state index in [1.165, 1.54) is 28.1 Å². The number of morpholine rings is 1. The van der Waals surface area contributed by atoms with Crippen LogP contribution in [0.25, 0.3) is 11.1 Å². The Labute approximate surface area is 156 Å². The Hall–Kier alpha value is -2.42. The van der Waals surface area contributed by atoms with Crippen LogP contribution < -0.4 is 5.76 Å². The minimum atomic E-state index is -3.72. The van der Waals surface area contributed by atoms with E-state index in [0.717, 1.165) is 12.0 Å². The molecule has 1 aliphatic heterocycles. The van der Waals surface area contributed by atoms with Crippen molar-refractivity contribution >= 4 is 21.1 Å². The van der Waals surface area contributed by atoms with Crippen LogP contribution in [-0.4, -0.2) is 37.4 Å². The van der Waals surface area contributed by atoms with Crippen molar-refractivity contribution in [3.05, 3.63) is 64.1 Å². The molecule has 1 fully saturated rings. The van der Waals surface area contributed by atoms with E-state index in [-0.39, 0.29) is 29.7 Å². The number of ether oxygens (including phenoxy) is 1. The maximum absolute atomic E-state index is 13.1. The molecule has 2 aromatic carbocycles. The molecule has 0 bridgehead atoms. The zero-order chi connectivity index (χ0) is 19.0.